The molecule has 0 amide bonds. The van der Waals surface area contributed by atoms with Gasteiger partial charge in [0.1, 0.15) is 17.1 Å². The summed E-state index contributed by atoms with van der Waals surface area (Å²) in [6, 6.07) is 8.89. The second-order valence-corrected chi connectivity index (χ2v) is 9.19. The first-order valence-electron chi connectivity index (χ1n) is 9.84. The first-order chi connectivity index (χ1) is 13.8. The van der Waals surface area contributed by atoms with Gasteiger partial charge in [0, 0.05) is 26.2 Å². The van der Waals surface area contributed by atoms with Gasteiger partial charge >= 0.3 is 5.97 Å². The standard InChI is InChI=1S/C21H28N2O5S/c1-4-5-17-6-8-19(9-7-17)29(25,26)23-12-10-22(11-13-23)15-18-14-20(16(2)28-18)21(24)27-3/h6-9,14H,4-5,10-13,15H2,1-3H3. The quantitative estimate of drug-likeness (QED) is 0.641. The van der Waals surface area contributed by atoms with Crippen molar-refractivity contribution in [2.45, 2.75) is 38.1 Å². The summed E-state index contributed by atoms with van der Waals surface area (Å²) < 4.78 is 37.8. The van der Waals surface area contributed by atoms with Crippen LogP contribution in [-0.2, 0) is 27.7 Å². The first kappa shape index (κ1) is 21.5. The van der Waals surface area contributed by atoms with Gasteiger partial charge in [0.15, 0.2) is 0 Å². The zero-order valence-electron chi connectivity index (χ0n) is 17.2. The molecule has 158 valence electrons. The third-order valence-corrected chi connectivity index (χ3v) is 7.10. The molecule has 2 heterocycles. The maximum atomic E-state index is 12.9. The largest absolute Gasteiger partial charge is 0.465 e. The molecule has 0 unspecified atom stereocenters. The van der Waals surface area contributed by atoms with Gasteiger partial charge in [-0.25, -0.2) is 13.2 Å². The van der Waals surface area contributed by atoms with Gasteiger partial charge in [0.2, 0.25) is 10.0 Å². The molecule has 1 fully saturated rings. The maximum Gasteiger partial charge on any atom is 0.341 e. The van der Waals surface area contributed by atoms with E-state index in [1.165, 1.54) is 11.4 Å². The number of aryl methyl sites for hydroxylation is 2. The monoisotopic (exact) mass is 420 g/mol. The normalized spacial score (nSPS) is 16.1. The lowest BCUT2D eigenvalue weighted by Gasteiger charge is -2.33. The summed E-state index contributed by atoms with van der Waals surface area (Å²) >= 11 is 0. The average molecular weight is 421 g/mol. The van der Waals surface area contributed by atoms with Crippen molar-refractivity contribution in [3.63, 3.8) is 0 Å². The van der Waals surface area contributed by atoms with E-state index in [4.69, 9.17) is 9.15 Å². The molecule has 7 nitrogen and oxygen atoms in total. The Balaban J connectivity index is 1.60. The van der Waals surface area contributed by atoms with E-state index in [9.17, 15) is 13.2 Å². The van der Waals surface area contributed by atoms with E-state index in [1.54, 1.807) is 25.1 Å². The molecule has 0 aliphatic carbocycles. The van der Waals surface area contributed by atoms with Crippen molar-refractivity contribution in [1.29, 1.82) is 0 Å². The summed E-state index contributed by atoms with van der Waals surface area (Å²) in [5, 5.41) is 0. The van der Waals surface area contributed by atoms with Crippen LogP contribution in [0.5, 0.6) is 0 Å². The lowest BCUT2D eigenvalue weighted by molar-refractivity contribution is 0.0599. The molecular weight excluding hydrogens is 392 g/mol. The number of carbonyl (C=O) groups excluding carboxylic acids is 1. The number of benzene rings is 1. The fourth-order valence-electron chi connectivity index (χ4n) is 3.55. The molecule has 1 aromatic carbocycles. The number of ether oxygens (including phenoxy) is 1. The number of hydrogen-bond donors (Lipinski definition) is 0. The van der Waals surface area contributed by atoms with Crippen molar-refractivity contribution in [1.82, 2.24) is 9.21 Å². The highest BCUT2D eigenvalue weighted by Gasteiger charge is 2.29. The van der Waals surface area contributed by atoms with Crippen LogP contribution >= 0.6 is 0 Å². The van der Waals surface area contributed by atoms with Crippen LogP contribution < -0.4 is 0 Å². The summed E-state index contributed by atoms with van der Waals surface area (Å²) in [5.74, 6) is 0.781. The topological polar surface area (TPSA) is 80.1 Å². The zero-order chi connectivity index (χ0) is 21.0. The average Bonchev–Trinajstić information content (AvgIpc) is 3.08. The number of sulfonamides is 1. The molecule has 0 saturated carbocycles. The van der Waals surface area contributed by atoms with Crippen molar-refractivity contribution in [2.24, 2.45) is 0 Å². The molecule has 0 atom stereocenters. The molecular formula is C21H28N2O5S. The number of hydrogen-bond acceptors (Lipinski definition) is 6. The van der Waals surface area contributed by atoms with Gasteiger partial charge in [-0.2, -0.15) is 4.31 Å². The molecule has 0 N–H and O–H groups in total. The molecule has 0 bridgehead atoms. The van der Waals surface area contributed by atoms with Gasteiger partial charge in [-0.15, -0.1) is 0 Å². The Morgan fingerprint density at radius 2 is 1.79 bits per heavy atom. The summed E-state index contributed by atoms with van der Waals surface area (Å²) in [7, 11) is -2.15. The van der Waals surface area contributed by atoms with Gasteiger partial charge in [0.05, 0.1) is 18.6 Å². The molecule has 0 spiro atoms. The van der Waals surface area contributed by atoms with Crippen LogP contribution in [0.15, 0.2) is 39.6 Å². The highest BCUT2D eigenvalue weighted by Crippen LogP contribution is 2.21. The number of rotatable bonds is 7. The Morgan fingerprint density at radius 1 is 1.14 bits per heavy atom. The molecule has 1 saturated heterocycles. The highest BCUT2D eigenvalue weighted by atomic mass is 32.2. The maximum absolute atomic E-state index is 12.9. The lowest BCUT2D eigenvalue weighted by atomic mass is 10.1. The second kappa shape index (κ2) is 9.11. The Labute approximate surface area is 172 Å². The SMILES string of the molecule is CCCc1ccc(S(=O)(=O)N2CCN(Cc3cc(C(=O)OC)c(C)o3)CC2)cc1. The molecule has 3 rings (SSSR count). The van der Waals surface area contributed by atoms with E-state index in [1.807, 2.05) is 12.1 Å². The first-order valence-corrected chi connectivity index (χ1v) is 11.3. The van der Waals surface area contributed by atoms with E-state index in [0.717, 1.165) is 18.4 Å². The lowest BCUT2D eigenvalue weighted by Crippen LogP contribution is -2.48. The molecule has 1 aliphatic heterocycles. The summed E-state index contributed by atoms with van der Waals surface area (Å²) in [4.78, 5) is 14.2. The van der Waals surface area contributed by atoms with E-state index in [2.05, 4.69) is 11.8 Å². The van der Waals surface area contributed by atoms with E-state index in [-0.39, 0.29) is 0 Å². The Morgan fingerprint density at radius 3 is 2.38 bits per heavy atom. The molecule has 1 aliphatic rings. The molecule has 0 radical (unpaired) electrons. The number of methoxy groups -OCH3 is 1. The minimum Gasteiger partial charge on any atom is -0.465 e. The van der Waals surface area contributed by atoms with Crippen LogP contribution in [0.3, 0.4) is 0 Å². The molecule has 1 aromatic heterocycles. The van der Waals surface area contributed by atoms with Crippen molar-refractivity contribution >= 4 is 16.0 Å². The van der Waals surface area contributed by atoms with Crippen molar-refractivity contribution in [2.75, 3.05) is 33.3 Å². The number of carbonyl (C=O) groups is 1. The second-order valence-electron chi connectivity index (χ2n) is 7.25. The van der Waals surface area contributed by atoms with Gasteiger partial charge in [-0.05, 0) is 37.1 Å². The van der Waals surface area contributed by atoms with Gasteiger partial charge in [-0.3, -0.25) is 4.90 Å². The molecule has 29 heavy (non-hydrogen) atoms. The van der Waals surface area contributed by atoms with E-state index in [0.29, 0.717) is 54.7 Å². The number of piperazine rings is 1. The summed E-state index contributed by atoms with van der Waals surface area (Å²) in [6.07, 6.45) is 1.98. The van der Waals surface area contributed by atoms with E-state index < -0.39 is 16.0 Å². The van der Waals surface area contributed by atoms with Gasteiger partial charge in [-0.1, -0.05) is 25.5 Å². The fourth-order valence-corrected chi connectivity index (χ4v) is 4.97. The zero-order valence-corrected chi connectivity index (χ0v) is 18.0. The fraction of sp³-hybridized carbons (Fsp3) is 0.476. The van der Waals surface area contributed by atoms with Crippen LogP contribution in [0, 0.1) is 6.92 Å². The molecule has 8 heteroatoms. The van der Waals surface area contributed by atoms with E-state index >= 15 is 0 Å². The van der Waals surface area contributed by atoms with Crippen LogP contribution in [0.25, 0.3) is 0 Å². The van der Waals surface area contributed by atoms with Crippen LogP contribution in [-0.4, -0.2) is 56.9 Å². The van der Waals surface area contributed by atoms with Gasteiger partial charge < -0.3 is 9.15 Å². The summed E-state index contributed by atoms with van der Waals surface area (Å²) in [5.41, 5.74) is 1.58. The smallest absolute Gasteiger partial charge is 0.341 e. The third kappa shape index (κ3) is 4.88. The van der Waals surface area contributed by atoms with Crippen LogP contribution in [0.1, 0.15) is 40.8 Å². The van der Waals surface area contributed by atoms with Crippen molar-refractivity contribution in [3.05, 3.63) is 53.0 Å². The Hall–Kier alpha value is -2.16. The number of nitrogens with zero attached hydrogens (tertiary/aromatic N) is 2. The van der Waals surface area contributed by atoms with Crippen molar-refractivity contribution < 1.29 is 22.4 Å². The molecule has 2 aromatic rings. The van der Waals surface area contributed by atoms with Crippen LogP contribution in [0.2, 0.25) is 0 Å². The Bertz CT molecular complexity index is 942. The van der Waals surface area contributed by atoms with Gasteiger partial charge in [0.25, 0.3) is 0 Å². The third-order valence-electron chi connectivity index (χ3n) is 5.18. The number of furan rings is 1. The van der Waals surface area contributed by atoms with Crippen LogP contribution in [0.4, 0.5) is 0 Å². The predicted octanol–water partition coefficient (Wildman–Crippen LogP) is 2.83. The number of esters is 1. The minimum absolute atomic E-state index is 0.343. The highest BCUT2D eigenvalue weighted by molar-refractivity contribution is 7.89. The minimum atomic E-state index is -3.49. The summed E-state index contributed by atoms with van der Waals surface area (Å²) in [6.45, 7) is 6.39. The van der Waals surface area contributed by atoms with Crippen molar-refractivity contribution in [3.8, 4) is 0 Å². The Kier molecular flexibility index (Phi) is 6.77. The predicted molar refractivity (Wildman–Crippen MR) is 109 cm³/mol.